The van der Waals surface area contributed by atoms with Gasteiger partial charge in [-0.25, -0.2) is 13.1 Å². The molecule has 9 heteroatoms. The second-order valence-corrected chi connectivity index (χ2v) is 8.06. The molecule has 1 aliphatic rings. The van der Waals surface area contributed by atoms with Gasteiger partial charge in [0.2, 0.25) is 15.9 Å². The van der Waals surface area contributed by atoms with E-state index in [1.807, 2.05) is 0 Å². The fourth-order valence-corrected chi connectivity index (χ4v) is 4.25. The van der Waals surface area contributed by atoms with Gasteiger partial charge < -0.3 is 10.4 Å². The molecule has 0 bridgehead atoms. The van der Waals surface area contributed by atoms with Gasteiger partial charge in [-0.2, -0.15) is 0 Å². The largest absolute Gasteiger partial charge is 0.481 e. The van der Waals surface area contributed by atoms with E-state index in [-0.39, 0.29) is 16.7 Å². The van der Waals surface area contributed by atoms with Crippen LogP contribution in [0.2, 0.25) is 0 Å². The van der Waals surface area contributed by atoms with Crippen molar-refractivity contribution >= 4 is 33.2 Å². The maximum atomic E-state index is 11.9. The molecule has 2 atom stereocenters. The lowest BCUT2D eigenvalue weighted by atomic mass is 9.73. The van der Waals surface area contributed by atoms with E-state index in [9.17, 15) is 18.0 Å². The van der Waals surface area contributed by atoms with Crippen molar-refractivity contribution in [3.8, 4) is 0 Å². The van der Waals surface area contributed by atoms with Crippen molar-refractivity contribution in [3.63, 3.8) is 0 Å². The highest BCUT2D eigenvalue weighted by atomic mass is 32.2. The maximum Gasteiger partial charge on any atom is 0.307 e. The lowest BCUT2D eigenvalue weighted by molar-refractivity contribution is -0.152. The van der Waals surface area contributed by atoms with E-state index in [0.717, 1.165) is 11.3 Å². The van der Waals surface area contributed by atoms with E-state index in [1.165, 1.54) is 13.1 Å². The summed E-state index contributed by atoms with van der Waals surface area (Å²) in [7, 11) is -2.14. The molecule has 1 saturated carbocycles. The number of nitrogens with one attached hydrogen (secondary N) is 2. The van der Waals surface area contributed by atoms with Crippen LogP contribution < -0.4 is 10.0 Å². The minimum atomic E-state index is -3.47. The first-order valence-corrected chi connectivity index (χ1v) is 8.68. The first-order chi connectivity index (χ1) is 9.85. The Hall–Kier alpha value is -1.45. The smallest absolute Gasteiger partial charge is 0.307 e. The zero-order valence-electron chi connectivity index (χ0n) is 11.3. The number of carboxylic acids is 1. The molecule has 1 amide bonds. The van der Waals surface area contributed by atoms with Crippen LogP contribution in [0.4, 0.5) is 0 Å². The third kappa shape index (κ3) is 3.42. The Balaban J connectivity index is 1.92. The molecule has 1 heterocycles. The molecule has 1 aromatic rings. The van der Waals surface area contributed by atoms with Gasteiger partial charge in [0.15, 0.2) is 0 Å². The van der Waals surface area contributed by atoms with E-state index >= 15 is 0 Å². The molecule has 0 aliphatic heterocycles. The van der Waals surface area contributed by atoms with Gasteiger partial charge in [-0.05, 0) is 32.0 Å². The molecule has 21 heavy (non-hydrogen) atoms. The van der Waals surface area contributed by atoms with E-state index in [0.29, 0.717) is 17.7 Å². The summed E-state index contributed by atoms with van der Waals surface area (Å²) in [4.78, 5) is 23.4. The summed E-state index contributed by atoms with van der Waals surface area (Å²) in [5.41, 5.74) is 0. The SMILES string of the molecule is CNS(=O)(=O)c1ccc(CNC(=O)C2CCC2C(=O)O)s1. The van der Waals surface area contributed by atoms with Crippen LogP contribution in [0.15, 0.2) is 16.3 Å². The van der Waals surface area contributed by atoms with Crippen molar-refractivity contribution in [2.75, 3.05) is 7.05 Å². The lowest BCUT2D eigenvalue weighted by Crippen LogP contribution is -2.43. The normalized spacial score (nSPS) is 21.6. The van der Waals surface area contributed by atoms with Crippen molar-refractivity contribution < 1.29 is 23.1 Å². The van der Waals surface area contributed by atoms with Gasteiger partial charge in [-0.15, -0.1) is 11.3 Å². The number of amides is 1. The average Bonchev–Trinajstić information content (AvgIpc) is 2.83. The molecule has 116 valence electrons. The molecule has 3 N–H and O–H groups in total. The minimum absolute atomic E-state index is 0.182. The summed E-state index contributed by atoms with van der Waals surface area (Å²) >= 11 is 1.07. The van der Waals surface area contributed by atoms with Gasteiger partial charge in [-0.3, -0.25) is 9.59 Å². The molecular formula is C12H16N2O5S2. The number of sulfonamides is 1. The second-order valence-electron chi connectivity index (χ2n) is 4.77. The second kappa shape index (κ2) is 6.12. The Kier molecular flexibility index (Phi) is 4.64. The first kappa shape index (κ1) is 15.9. The van der Waals surface area contributed by atoms with Gasteiger partial charge in [0.05, 0.1) is 18.4 Å². The zero-order chi connectivity index (χ0) is 15.6. The van der Waals surface area contributed by atoms with Crippen molar-refractivity contribution in [3.05, 3.63) is 17.0 Å². The number of aliphatic carboxylic acids is 1. The standard InChI is InChI=1S/C12H16N2O5S2/c1-13-21(18,19)10-5-2-7(20-10)6-14-11(15)8-3-4-9(8)12(16)17/h2,5,8-9,13H,3-4,6H2,1H3,(H,14,15)(H,16,17). The molecule has 0 radical (unpaired) electrons. The van der Waals surface area contributed by atoms with Crippen LogP contribution >= 0.6 is 11.3 Å². The van der Waals surface area contributed by atoms with Crippen molar-refractivity contribution in [1.82, 2.24) is 10.0 Å². The Bertz CT molecular complexity index is 652. The van der Waals surface area contributed by atoms with Crippen LogP contribution in [-0.2, 0) is 26.2 Å². The molecule has 2 unspecified atom stereocenters. The predicted molar refractivity (Wildman–Crippen MR) is 76.3 cm³/mol. The van der Waals surface area contributed by atoms with Gasteiger partial charge in [-0.1, -0.05) is 0 Å². The Morgan fingerprint density at radius 2 is 2.00 bits per heavy atom. The number of hydrogen-bond donors (Lipinski definition) is 3. The maximum absolute atomic E-state index is 11.9. The number of carbonyl (C=O) groups is 2. The summed E-state index contributed by atoms with van der Waals surface area (Å²) in [5, 5.41) is 11.6. The molecule has 0 saturated heterocycles. The number of carbonyl (C=O) groups excluding carboxylic acids is 1. The molecule has 1 aromatic heterocycles. The molecular weight excluding hydrogens is 316 g/mol. The van der Waals surface area contributed by atoms with Crippen LogP contribution in [0.3, 0.4) is 0 Å². The highest BCUT2D eigenvalue weighted by Crippen LogP contribution is 2.34. The third-order valence-corrected chi connectivity index (χ3v) is 6.53. The number of carboxylic acid groups (broad SMARTS) is 1. The minimum Gasteiger partial charge on any atom is -0.481 e. The summed E-state index contributed by atoms with van der Waals surface area (Å²) in [6, 6.07) is 3.10. The van der Waals surface area contributed by atoms with E-state index < -0.39 is 27.8 Å². The van der Waals surface area contributed by atoms with Gasteiger partial charge in [0.1, 0.15) is 4.21 Å². The monoisotopic (exact) mass is 332 g/mol. The molecule has 0 spiro atoms. The van der Waals surface area contributed by atoms with Crippen molar-refractivity contribution in [2.45, 2.75) is 23.6 Å². The summed E-state index contributed by atoms with van der Waals surface area (Å²) in [6.07, 6.45) is 1.10. The predicted octanol–water partition coefficient (Wildman–Crippen LogP) is 0.383. The van der Waals surface area contributed by atoms with Gasteiger partial charge in [0.25, 0.3) is 0 Å². The highest BCUT2D eigenvalue weighted by molar-refractivity contribution is 7.91. The van der Waals surface area contributed by atoms with E-state index in [2.05, 4.69) is 10.0 Å². The van der Waals surface area contributed by atoms with Crippen LogP contribution in [0.25, 0.3) is 0 Å². The van der Waals surface area contributed by atoms with Crippen LogP contribution in [-0.4, -0.2) is 32.4 Å². The van der Waals surface area contributed by atoms with Crippen molar-refractivity contribution in [2.24, 2.45) is 11.8 Å². The van der Waals surface area contributed by atoms with Crippen molar-refractivity contribution in [1.29, 1.82) is 0 Å². The Morgan fingerprint density at radius 3 is 2.52 bits per heavy atom. The fourth-order valence-electron chi connectivity index (χ4n) is 2.11. The van der Waals surface area contributed by atoms with E-state index in [4.69, 9.17) is 5.11 Å². The van der Waals surface area contributed by atoms with Crippen LogP contribution in [0.5, 0.6) is 0 Å². The molecule has 2 rings (SSSR count). The number of rotatable bonds is 6. The number of thiophene rings is 1. The quantitative estimate of drug-likeness (QED) is 0.697. The van der Waals surface area contributed by atoms with Crippen LogP contribution in [0, 0.1) is 11.8 Å². The zero-order valence-corrected chi connectivity index (χ0v) is 13.0. The van der Waals surface area contributed by atoms with Gasteiger partial charge in [0, 0.05) is 4.88 Å². The summed E-state index contributed by atoms with van der Waals surface area (Å²) < 4.78 is 25.6. The lowest BCUT2D eigenvalue weighted by Gasteiger charge is -2.31. The fraction of sp³-hybridized carbons (Fsp3) is 0.500. The molecule has 7 nitrogen and oxygen atoms in total. The number of hydrogen-bond acceptors (Lipinski definition) is 5. The van der Waals surface area contributed by atoms with E-state index in [1.54, 1.807) is 6.07 Å². The topological polar surface area (TPSA) is 113 Å². The van der Waals surface area contributed by atoms with Crippen LogP contribution in [0.1, 0.15) is 17.7 Å². The molecule has 0 aromatic carbocycles. The summed E-state index contributed by atoms with van der Waals surface area (Å²) in [5.74, 6) is -2.32. The summed E-state index contributed by atoms with van der Waals surface area (Å²) in [6.45, 7) is 0.200. The molecule has 1 aliphatic carbocycles. The average molecular weight is 332 g/mol. The Labute approximate surface area is 126 Å². The highest BCUT2D eigenvalue weighted by Gasteiger charge is 2.41. The Morgan fingerprint density at radius 1 is 1.33 bits per heavy atom. The third-order valence-electron chi connectivity index (χ3n) is 3.54. The first-order valence-electron chi connectivity index (χ1n) is 6.38. The molecule has 1 fully saturated rings. The van der Waals surface area contributed by atoms with Gasteiger partial charge >= 0.3 is 5.97 Å².